The lowest BCUT2D eigenvalue weighted by Crippen LogP contribution is -2.45. The molecule has 2 nitrogen and oxygen atoms in total. The van der Waals surface area contributed by atoms with Gasteiger partial charge in [-0.2, -0.15) is 0 Å². The summed E-state index contributed by atoms with van der Waals surface area (Å²) in [5.41, 5.74) is 1.37. The van der Waals surface area contributed by atoms with E-state index in [4.69, 9.17) is 16.7 Å². The number of aliphatic hydroxyl groups excluding tert-OH is 1. The van der Waals surface area contributed by atoms with Crippen LogP contribution in [0, 0.1) is 0 Å². The van der Waals surface area contributed by atoms with Crippen LogP contribution in [0.3, 0.4) is 0 Å². The van der Waals surface area contributed by atoms with E-state index in [1.54, 1.807) is 0 Å². The van der Waals surface area contributed by atoms with Crippen molar-refractivity contribution in [1.29, 1.82) is 0 Å². The first-order chi connectivity index (χ1) is 7.69. The van der Waals surface area contributed by atoms with Crippen molar-refractivity contribution in [2.75, 3.05) is 6.61 Å². The fraction of sp³-hybridized carbons (Fsp3) is 0.538. The van der Waals surface area contributed by atoms with Gasteiger partial charge in [0.1, 0.15) is 0 Å². The zero-order valence-electron chi connectivity index (χ0n) is 9.49. The van der Waals surface area contributed by atoms with Crippen molar-refractivity contribution in [3.63, 3.8) is 0 Å². The molecule has 0 radical (unpaired) electrons. The molecule has 1 aromatic rings. The van der Waals surface area contributed by atoms with E-state index >= 15 is 0 Å². The van der Waals surface area contributed by atoms with Crippen LogP contribution in [0.15, 0.2) is 24.3 Å². The minimum absolute atomic E-state index is 0.205. The van der Waals surface area contributed by atoms with E-state index < -0.39 is 0 Å². The quantitative estimate of drug-likeness (QED) is 0.847. The van der Waals surface area contributed by atoms with Crippen LogP contribution in [-0.2, 0) is 0 Å². The van der Waals surface area contributed by atoms with Crippen molar-refractivity contribution in [2.45, 2.75) is 37.8 Å². The van der Waals surface area contributed by atoms with E-state index in [1.807, 2.05) is 19.1 Å². The second-order valence-electron chi connectivity index (χ2n) is 4.67. The summed E-state index contributed by atoms with van der Waals surface area (Å²) in [7, 11) is 0. The number of hydrogen-bond acceptors (Lipinski definition) is 2. The molecule has 1 fully saturated rings. The van der Waals surface area contributed by atoms with Gasteiger partial charge in [-0.25, -0.2) is 0 Å². The lowest BCUT2D eigenvalue weighted by atomic mass is 9.75. The zero-order chi connectivity index (χ0) is 11.5. The summed E-state index contributed by atoms with van der Waals surface area (Å²) >= 11 is 5.85. The standard InChI is InChI=1S/C13H18ClNO/c1-9(8-16)15-13-6-11(7-13)10-2-4-12(14)5-3-10/h2-5,9,11,13,15-16H,6-8H2,1H3/t9-,11?,13?/m0/s1. The molecule has 0 aliphatic heterocycles. The van der Waals surface area contributed by atoms with Crippen molar-refractivity contribution in [1.82, 2.24) is 5.32 Å². The first-order valence-electron chi connectivity index (χ1n) is 5.81. The van der Waals surface area contributed by atoms with Crippen molar-refractivity contribution in [3.8, 4) is 0 Å². The molecule has 1 saturated carbocycles. The van der Waals surface area contributed by atoms with Gasteiger partial charge in [0.05, 0.1) is 6.61 Å². The number of aliphatic hydroxyl groups is 1. The number of halogens is 1. The maximum absolute atomic E-state index is 8.94. The fourth-order valence-corrected chi connectivity index (χ4v) is 2.34. The maximum atomic E-state index is 8.94. The number of benzene rings is 1. The van der Waals surface area contributed by atoms with Crippen LogP contribution >= 0.6 is 11.6 Å². The molecule has 1 aliphatic rings. The van der Waals surface area contributed by atoms with Gasteiger partial charge < -0.3 is 10.4 Å². The monoisotopic (exact) mass is 239 g/mol. The summed E-state index contributed by atoms with van der Waals surface area (Å²) in [5.74, 6) is 0.653. The molecule has 0 heterocycles. The van der Waals surface area contributed by atoms with Gasteiger partial charge >= 0.3 is 0 Å². The number of hydrogen-bond donors (Lipinski definition) is 2. The third-order valence-corrected chi connectivity index (χ3v) is 3.53. The Labute approximate surface area is 102 Å². The lowest BCUT2D eigenvalue weighted by molar-refractivity contribution is 0.204. The van der Waals surface area contributed by atoms with Gasteiger partial charge in [-0.1, -0.05) is 23.7 Å². The summed E-state index contributed by atoms with van der Waals surface area (Å²) < 4.78 is 0. The summed E-state index contributed by atoms with van der Waals surface area (Å²) in [6.45, 7) is 2.22. The predicted molar refractivity (Wildman–Crippen MR) is 66.9 cm³/mol. The van der Waals surface area contributed by atoms with E-state index in [0.717, 1.165) is 17.9 Å². The molecule has 3 heteroatoms. The van der Waals surface area contributed by atoms with E-state index in [1.165, 1.54) is 5.56 Å². The molecular formula is C13H18ClNO. The SMILES string of the molecule is C[C@@H](CO)NC1CC(c2ccc(Cl)cc2)C1. The Kier molecular flexibility index (Phi) is 3.85. The summed E-state index contributed by atoms with van der Waals surface area (Å²) in [4.78, 5) is 0. The van der Waals surface area contributed by atoms with Crippen LogP contribution in [-0.4, -0.2) is 23.8 Å². The van der Waals surface area contributed by atoms with Crippen molar-refractivity contribution >= 4 is 11.6 Å². The highest BCUT2D eigenvalue weighted by Crippen LogP contribution is 2.37. The number of rotatable bonds is 4. The first-order valence-corrected chi connectivity index (χ1v) is 6.19. The van der Waals surface area contributed by atoms with Gasteiger partial charge in [0, 0.05) is 17.1 Å². The molecule has 2 rings (SSSR count). The molecule has 0 unspecified atom stereocenters. The van der Waals surface area contributed by atoms with E-state index in [0.29, 0.717) is 12.0 Å². The van der Waals surface area contributed by atoms with Gasteiger partial charge in [-0.05, 0) is 43.4 Å². The summed E-state index contributed by atoms with van der Waals surface area (Å²) in [5, 5.41) is 13.1. The minimum atomic E-state index is 0.205. The zero-order valence-corrected chi connectivity index (χ0v) is 10.2. The average Bonchev–Trinajstić information content (AvgIpc) is 2.24. The molecule has 2 N–H and O–H groups in total. The van der Waals surface area contributed by atoms with Crippen LogP contribution in [0.1, 0.15) is 31.2 Å². The smallest absolute Gasteiger partial charge is 0.0582 e. The summed E-state index contributed by atoms with van der Waals surface area (Å²) in [6.07, 6.45) is 2.32. The molecule has 0 aromatic heterocycles. The van der Waals surface area contributed by atoms with Crippen LogP contribution in [0.5, 0.6) is 0 Å². The molecule has 0 saturated heterocycles. The Morgan fingerprint density at radius 3 is 2.56 bits per heavy atom. The Bertz CT molecular complexity index is 332. The van der Waals surface area contributed by atoms with Gasteiger partial charge in [-0.15, -0.1) is 0 Å². The Hall–Kier alpha value is -0.570. The highest BCUT2D eigenvalue weighted by Gasteiger charge is 2.30. The molecule has 16 heavy (non-hydrogen) atoms. The Balaban J connectivity index is 1.82. The predicted octanol–water partition coefficient (Wildman–Crippen LogP) is 2.56. The third-order valence-electron chi connectivity index (χ3n) is 3.27. The molecule has 1 aliphatic carbocycles. The number of nitrogens with one attached hydrogen (secondary N) is 1. The first kappa shape index (κ1) is 11.9. The molecule has 0 bridgehead atoms. The lowest BCUT2D eigenvalue weighted by Gasteiger charge is -2.38. The Morgan fingerprint density at radius 1 is 1.38 bits per heavy atom. The molecular weight excluding hydrogens is 222 g/mol. The largest absolute Gasteiger partial charge is 0.395 e. The third kappa shape index (κ3) is 2.76. The van der Waals surface area contributed by atoms with E-state index in [-0.39, 0.29) is 12.6 Å². The molecule has 88 valence electrons. The van der Waals surface area contributed by atoms with E-state index in [9.17, 15) is 0 Å². The van der Waals surface area contributed by atoms with Crippen LogP contribution in [0.25, 0.3) is 0 Å². The van der Waals surface area contributed by atoms with Crippen LogP contribution < -0.4 is 5.32 Å². The molecule has 1 aromatic carbocycles. The second-order valence-corrected chi connectivity index (χ2v) is 5.10. The van der Waals surface area contributed by atoms with E-state index in [2.05, 4.69) is 17.4 Å². The topological polar surface area (TPSA) is 32.3 Å². The van der Waals surface area contributed by atoms with Gasteiger partial charge in [-0.3, -0.25) is 0 Å². The second kappa shape index (κ2) is 5.17. The minimum Gasteiger partial charge on any atom is -0.395 e. The highest BCUT2D eigenvalue weighted by atomic mass is 35.5. The van der Waals surface area contributed by atoms with Gasteiger partial charge in [0.2, 0.25) is 0 Å². The maximum Gasteiger partial charge on any atom is 0.0582 e. The summed E-state index contributed by atoms with van der Waals surface area (Å²) in [6, 6.07) is 8.89. The van der Waals surface area contributed by atoms with Crippen molar-refractivity contribution in [3.05, 3.63) is 34.9 Å². The average molecular weight is 240 g/mol. The van der Waals surface area contributed by atoms with Gasteiger partial charge in [0.15, 0.2) is 0 Å². The van der Waals surface area contributed by atoms with Crippen molar-refractivity contribution < 1.29 is 5.11 Å². The normalized spacial score (nSPS) is 26.2. The Morgan fingerprint density at radius 2 is 2.00 bits per heavy atom. The molecule has 0 spiro atoms. The highest BCUT2D eigenvalue weighted by molar-refractivity contribution is 6.30. The molecule has 1 atom stereocenters. The fourth-order valence-electron chi connectivity index (χ4n) is 2.22. The van der Waals surface area contributed by atoms with Crippen LogP contribution in [0.4, 0.5) is 0 Å². The van der Waals surface area contributed by atoms with Gasteiger partial charge in [0.25, 0.3) is 0 Å². The van der Waals surface area contributed by atoms with Crippen LogP contribution in [0.2, 0.25) is 5.02 Å². The molecule has 0 amide bonds. The van der Waals surface area contributed by atoms with Crippen molar-refractivity contribution in [2.24, 2.45) is 0 Å².